The monoisotopic (exact) mass is 506 g/mol. The number of amides is 2. The summed E-state index contributed by atoms with van der Waals surface area (Å²) in [6.07, 6.45) is -1.05. The number of hydrogen-bond acceptors (Lipinski definition) is 8. The van der Waals surface area contributed by atoms with Crippen molar-refractivity contribution in [3.05, 3.63) is 56.3 Å². The molecule has 4 aliphatic rings. The molecule has 4 atom stereocenters. The number of fused-ring (bicyclic) bond motifs is 4. The lowest BCUT2D eigenvalue weighted by Crippen LogP contribution is -2.56. The second-order valence-corrected chi connectivity index (χ2v) is 9.38. The van der Waals surface area contributed by atoms with Crippen molar-refractivity contribution in [1.82, 2.24) is 9.80 Å². The molecule has 1 aliphatic carbocycles. The normalized spacial score (nSPS) is 29.4. The minimum absolute atomic E-state index is 0.100. The van der Waals surface area contributed by atoms with Gasteiger partial charge in [0.25, 0.3) is 5.91 Å². The third-order valence-electron chi connectivity index (χ3n) is 7.09. The van der Waals surface area contributed by atoms with Crippen molar-refractivity contribution in [2.24, 2.45) is 17.4 Å². The van der Waals surface area contributed by atoms with Crippen molar-refractivity contribution >= 4 is 46.8 Å². The van der Waals surface area contributed by atoms with E-state index in [0.717, 1.165) is 0 Å². The smallest absolute Gasteiger partial charge is 0.404 e. The van der Waals surface area contributed by atoms with Gasteiger partial charge in [0.05, 0.1) is 33.4 Å². The van der Waals surface area contributed by atoms with E-state index in [1.54, 1.807) is 15.9 Å². The molecule has 10 nitrogen and oxygen atoms in total. The zero-order valence-electron chi connectivity index (χ0n) is 18.1. The number of benzene rings is 1. The number of methoxy groups -OCH3 is 1. The van der Waals surface area contributed by atoms with Gasteiger partial charge in [-0.15, -0.1) is 0 Å². The highest BCUT2D eigenvalue weighted by Crippen LogP contribution is 2.60. The Hall–Kier alpha value is -3.08. The van der Waals surface area contributed by atoms with Crippen LogP contribution in [0.3, 0.4) is 0 Å². The van der Waals surface area contributed by atoms with E-state index in [4.69, 9.17) is 44.1 Å². The van der Waals surface area contributed by atoms with E-state index in [1.165, 1.54) is 26.2 Å². The second-order valence-electron chi connectivity index (χ2n) is 8.56. The van der Waals surface area contributed by atoms with Crippen LogP contribution in [0.15, 0.2) is 40.7 Å². The summed E-state index contributed by atoms with van der Waals surface area (Å²) in [4.78, 5) is 54.4. The van der Waals surface area contributed by atoms with Crippen LogP contribution < -0.4 is 11.5 Å². The number of rotatable bonds is 4. The van der Waals surface area contributed by atoms with Crippen LogP contribution in [0.25, 0.3) is 0 Å². The lowest BCUT2D eigenvalue weighted by Gasteiger charge is -2.41. The molecule has 0 saturated carbocycles. The number of ketones is 2. The Labute approximate surface area is 204 Å². The summed E-state index contributed by atoms with van der Waals surface area (Å²) in [5, 5.41) is 0.555. The number of carbonyl (C=O) groups is 4. The first-order chi connectivity index (χ1) is 16.1. The van der Waals surface area contributed by atoms with Crippen LogP contribution in [0.5, 0.6) is 0 Å². The highest BCUT2D eigenvalue weighted by atomic mass is 35.5. The first-order valence-electron chi connectivity index (χ1n) is 10.4. The van der Waals surface area contributed by atoms with Crippen LogP contribution in [0.2, 0.25) is 10.0 Å². The SMILES string of the molecule is CO[C@@]12[C@H](COC(N)=O)C3=C(C(=O)C(C)=C(N)C3=O)N1C[C@@H]1[C@@H]2N1C(=O)c1ccc(Cl)c(Cl)c1. The fraction of sp³-hybridized carbons (Fsp3) is 0.364. The number of nitrogens with two attached hydrogens (primary N) is 2. The van der Waals surface area contributed by atoms with Crippen LogP contribution in [-0.4, -0.2) is 71.4 Å². The topological polar surface area (TPSA) is 145 Å². The number of Topliss-reactive ketones (excluding diaryl/α,β-unsaturated/α-hetero) is 2. The van der Waals surface area contributed by atoms with E-state index in [1.807, 2.05) is 0 Å². The van der Waals surface area contributed by atoms with E-state index < -0.39 is 35.3 Å². The summed E-state index contributed by atoms with van der Waals surface area (Å²) in [6, 6.07) is 3.73. The fourth-order valence-electron chi connectivity index (χ4n) is 5.53. The van der Waals surface area contributed by atoms with Gasteiger partial charge in [0.1, 0.15) is 12.6 Å². The predicted molar refractivity (Wildman–Crippen MR) is 120 cm³/mol. The Morgan fingerprint density at radius 3 is 2.53 bits per heavy atom. The molecule has 1 aromatic carbocycles. The lowest BCUT2D eigenvalue weighted by atomic mass is 9.82. The number of primary amides is 1. The first-order valence-corrected chi connectivity index (χ1v) is 11.1. The molecular weight excluding hydrogens is 487 g/mol. The van der Waals surface area contributed by atoms with Gasteiger partial charge in [-0.05, 0) is 25.1 Å². The Balaban J connectivity index is 1.56. The third-order valence-corrected chi connectivity index (χ3v) is 7.83. The third kappa shape index (κ3) is 2.79. The molecule has 0 spiro atoms. The van der Waals surface area contributed by atoms with E-state index in [0.29, 0.717) is 10.6 Å². The maximum Gasteiger partial charge on any atom is 0.404 e. The van der Waals surface area contributed by atoms with Gasteiger partial charge in [-0.3, -0.25) is 14.4 Å². The van der Waals surface area contributed by atoms with Gasteiger partial charge in [0, 0.05) is 30.4 Å². The number of nitrogens with zero attached hydrogens (tertiary/aromatic N) is 2. The average Bonchev–Trinajstić information content (AvgIpc) is 3.30. The van der Waals surface area contributed by atoms with Gasteiger partial charge < -0.3 is 30.7 Å². The molecule has 2 fully saturated rings. The maximum absolute atomic E-state index is 13.3. The summed E-state index contributed by atoms with van der Waals surface area (Å²) < 4.78 is 11.1. The van der Waals surface area contributed by atoms with E-state index in [9.17, 15) is 19.2 Å². The van der Waals surface area contributed by atoms with Gasteiger partial charge >= 0.3 is 6.09 Å². The number of piperazine rings is 1. The highest BCUT2D eigenvalue weighted by molar-refractivity contribution is 6.42. The molecule has 12 heteroatoms. The molecule has 178 valence electrons. The Morgan fingerprint density at radius 2 is 1.91 bits per heavy atom. The molecule has 0 bridgehead atoms. The summed E-state index contributed by atoms with van der Waals surface area (Å²) in [5.41, 5.74) is 10.4. The zero-order valence-corrected chi connectivity index (χ0v) is 19.6. The molecule has 2 saturated heterocycles. The summed E-state index contributed by atoms with van der Waals surface area (Å²) in [6.45, 7) is 1.39. The molecule has 0 aromatic heterocycles. The molecule has 2 amide bonds. The maximum atomic E-state index is 13.3. The molecular formula is C22H20Cl2N4O6. The van der Waals surface area contributed by atoms with E-state index in [-0.39, 0.29) is 52.7 Å². The molecule has 5 rings (SSSR count). The zero-order chi connectivity index (χ0) is 24.7. The van der Waals surface area contributed by atoms with Crippen LogP contribution in [0.4, 0.5) is 4.79 Å². The quantitative estimate of drug-likeness (QED) is 0.457. The average molecular weight is 507 g/mol. The Bertz CT molecular complexity index is 1260. The van der Waals surface area contributed by atoms with Crippen LogP contribution in [-0.2, 0) is 19.1 Å². The molecule has 34 heavy (non-hydrogen) atoms. The molecule has 0 unspecified atom stereocenters. The van der Waals surface area contributed by atoms with Gasteiger partial charge in [-0.2, -0.15) is 0 Å². The molecule has 0 radical (unpaired) electrons. The van der Waals surface area contributed by atoms with Crippen LogP contribution in [0, 0.1) is 5.92 Å². The van der Waals surface area contributed by atoms with Gasteiger partial charge in [-0.25, -0.2) is 4.79 Å². The van der Waals surface area contributed by atoms with Gasteiger partial charge in [0.2, 0.25) is 11.6 Å². The van der Waals surface area contributed by atoms with Crippen molar-refractivity contribution in [1.29, 1.82) is 0 Å². The lowest BCUT2D eigenvalue weighted by molar-refractivity contribution is -0.143. The number of allylic oxidation sites excluding steroid dienone is 2. The molecule has 4 N–H and O–H groups in total. The van der Waals surface area contributed by atoms with Crippen LogP contribution >= 0.6 is 23.2 Å². The number of halogens is 2. The second kappa shape index (κ2) is 7.46. The van der Waals surface area contributed by atoms with E-state index >= 15 is 0 Å². The standard InChI is InChI=1S/C22H20Cl2N4O6/c1-8-15(25)18(30)14-10(7-34-21(26)32)22(33-2)19-13(6-27(22)16(14)17(8)29)28(19)20(31)9-3-4-11(23)12(24)5-9/h3-5,10,13,19H,6-7,25H2,1-2H3,(H2,26,32)/t10-,13-,19+,22-,28?/m1/s1. The van der Waals surface area contributed by atoms with Crippen molar-refractivity contribution in [2.45, 2.75) is 24.7 Å². The highest BCUT2D eigenvalue weighted by Gasteiger charge is 2.77. The van der Waals surface area contributed by atoms with Gasteiger partial charge in [-0.1, -0.05) is 23.2 Å². The molecule has 3 heterocycles. The van der Waals surface area contributed by atoms with Crippen molar-refractivity contribution in [3.8, 4) is 0 Å². The van der Waals surface area contributed by atoms with E-state index in [2.05, 4.69) is 0 Å². The van der Waals surface area contributed by atoms with Crippen LogP contribution in [0.1, 0.15) is 17.3 Å². The minimum atomic E-state index is -1.33. The summed E-state index contributed by atoms with van der Waals surface area (Å²) in [7, 11) is 1.42. The number of hydrogen-bond donors (Lipinski definition) is 2. The van der Waals surface area contributed by atoms with Gasteiger partial charge in [0.15, 0.2) is 5.72 Å². The summed E-state index contributed by atoms with van der Waals surface area (Å²) >= 11 is 12.1. The fourth-order valence-corrected chi connectivity index (χ4v) is 5.83. The predicted octanol–water partition coefficient (Wildman–Crippen LogP) is 1.21. The van der Waals surface area contributed by atoms with Crippen molar-refractivity contribution in [3.63, 3.8) is 0 Å². The first kappa shape index (κ1) is 22.7. The summed E-state index contributed by atoms with van der Waals surface area (Å²) in [5.74, 6) is -2.14. The molecule has 1 aromatic rings. The van der Waals surface area contributed by atoms with Crippen molar-refractivity contribution in [2.75, 3.05) is 20.3 Å². The number of carbonyl (C=O) groups excluding carboxylic acids is 4. The minimum Gasteiger partial charge on any atom is -0.449 e. The molecule has 3 aliphatic heterocycles. The Morgan fingerprint density at radius 1 is 1.21 bits per heavy atom. The number of ether oxygens (including phenoxy) is 2. The Kier molecular flexibility index (Phi) is 4.98. The largest absolute Gasteiger partial charge is 0.449 e. The van der Waals surface area contributed by atoms with Crippen molar-refractivity contribution < 1.29 is 28.7 Å².